The number of ether oxygens (including phenoxy) is 2. The maximum Gasteiger partial charge on any atom is 0.320 e. The summed E-state index contributed by atoms with van der Waals surface area (Å²) in [6.07, 6.45) is -0.278. The molecule has 2 amide bonds. The Hall–Kier alpha value is -3.50. The van der Waals surface area contributed by atoms with Gasteiger partial charge in [0.05, 0.1) is 25.6 Å². The molecule has 0 aliphatic rings. The second kappa shape index (κ2) is 10.00. The molecule has 0 saturated heterocycles. The summed E-state index contributed by atoms with van der Waals surface area (Å²) in [7, 11) is 2.12. The highest BCUT2D eigenvalue weighted by molar-refractivity contribution is 5.97. The fourth-order valence-corrected chi connectivity index (χ4v) is 2.62. The maximum absolute atomic E-state index is 12.3. The number of nitrogens with two attached hydrogens (primary N) is 1. The molecule has 3 N–H and O–H groups in total. The van der Waals surface area contributed by atoms with Gasteiger partial charge < -0.3 is 20.5 Å². The zero-order valence-corrected chi connectivity index (χ0v) is 15.5. The number of carbonyl (C=O) groups excluding carboxylic acids is 4. The minimum absolute atomic E-state index is 0.193. The SMILES string of the molecule is COC(=O)C(C(=O)OC)[C@H](C)[C@@H](NC(=O)Cc1cccc([N+](=O)[O-])c1)C(N)=O. The van der Waals surface area contributed by atoms with E-state index in [1.807, 2.05) is 0 Å². The van der Waals surface area contributed by atoms with Crippen LogP contribution in [0.25, 0.3) is 0 Å². The number of methoxy groups -OCH3 is 2. The highest BCUT2D eigenvalue weighted by Crippen LogP contribution is 2.20. The van der Waals surface area contributed by atoms with Gasteiger partial charge in [-0.05, 0) is 5.56 Å². The Morgan fingerprint density at radius 3 is 2.21 bits per heavy atom. The lowest BCUT2D eigenvalue weighted by molar-refractivity contribution is -0.384. The summed E-state index contributed by atoms with van der Waals surface area (Å²) in [4.78, 5) is 58.1. The van der Waals surface area contributed by atoms with Gasteiger partial charge in [-0.1, -0.05) is 19.1 Å². The molecule has 1 aromatic rings. The molecule has 28 heavy (non-hydrogen) atoms. The van der Waals surface area contributed by atoms with Gasteiger partial charge in [0, 0.05) is 18.1 Å². The van der Waals surface area contributed by atoms with Crippen molar-refractivity contribution in [2.75, 3.05) is 14.2 Å². The Morgan fingerprint density at radius 2 is 1.75 bits per heavy atom. The van der Waals surface area contributed by atoms with Crippen molar-refractivity contribution >= 4 is 29.4 Å². The van der Waals surface area contributed by atoms with Crippen molar-refractivity contribution in [2.45, 2.75) is 19.4 Å². The number of hydrogen-bond donors (Lipinski definition) is 2. The summed E-state index contributed by atoms with van der Waals surface area (Å²) >= 11 is 0. The van der Waals surface area contributed by atoms with Gasteiger partial charge >= 0.3 is 11.9 Å². The van der Waals surface area contributed by atoms with Gasteiger partial charge in [0.25, 0.3) is 5.69 Å². The van der Waals surface area contributed by atoms with Gasteiger partial charge in [-0.15, -0.1) is 0 Å². The number of rotatable bonds is 9. The lowest BCUT2D eigenvalue weighted by Crippen LogP contribution is -2.53. The van der Waals surface area contributed by atoms with Gasteiger partial charge in [-0.2, -0.15) is 0 Å². The van der Waals surface area contributed by atoms with Crippen LogP contribution in [0.15, 0.2) is 24.3 Å². The molecular formula is C17H21N3O8. The molecule has 0 unspecified atom stereocenters. The van der Waals surface area contributed by atoms with Crippen LogP contribution in [0.2, 0.25) is 0 Å². The Bertz CT molecular complexity index is 763. The van der Waals surface area contributed by atoms with Crippen LogP contribution in [0.5, 0.6) is 0 Å². The molecule has 2 atom stereocenters. The lowest BCUT2D eigenvalue weighted by atomic mass is 9.86. The predicted octanol–water partition coefficient (Wildman–Crippen LogP) is -0.294. The van der Waals surface area contributed by atoms with Gasteiger partial charge in [0.2, 0.25) is 11.8 Å². The van der Waals surface area contributed by atoms with Crippen molar-refractivity contribution in [3.05, 3.63) is 39.9 Å². The molecule has 0 spiro atoms. The number of benzene rings is 1. The van der Waals surface area contributed by atoms with E-state index in [1.165, 1.54) is 31.2 Å². The zero-order valence-electron chi connectivity index (χ0n) is 15.5. The Labute approximate surface area is 160 Å². The van der Waals surface area contributed by atoms with Crippen molar-refractivity contribution in [2.24, 2.45) is 17.6 Å². The first-order valence-electron chi connectivity index (χ1n) is 8.10. The third-order valence-electron chi connectivity index (χ3n) is 4.07. The average molecular weight is 395 g/mol. The Balaban J connectivity index is 2.99. The second-order valence-corrected chi connectivity index (χ2v) is 5.93. The fourth-order valence-electron chi connectivity index (χ4n) is 2.62. The quantitative estimate of drug-likeness (QED) is 0.249. The molecule has 0 aliphatic heterocycles. The number of nitrogens with one attached hydrogen (secondary N) is 1. The maximum atomic E-state index is 12.3. The van der Waals surface area contributed by atoms with Gasteiger partial charge in [-0.3, -0.25) is 29.3 Å². The first-order valence-corrected chi connectivity index (χ1v) is 8.10. The standard InChI is InChI=1S/C17H21N3O8/c1-9(13(16(23)27-2)17(24)28-3)14(15(18)22)19-12(21)8-10-5-4-6-11(7-10)20(25)26/h4-7,9,13-14H,8H2,1-3H3,(H2,18,22)(H,19,21)/t9-,14+/m0/s1. The van der Waals surface area contributed by atoms with Crippen LogP contribution >= 0.6 is 0 Å². The number of nitro groups is 1. The number of esters is 2. The number of carbonyl (C=O) groups is 4. The molecule has 0 saturated carbocycles. The molecule has 0 aliphatic carbocycles. The molecule has 1 aromatic carbocycles. The third-order valence-corrected chi connectivity index (χ3v) is 4.07. The average Bonchev–Trinajstić information content (AvgIpc) is 2.65. The van der Waals surface area contributed by atoms with E-state index in [0.717, 1.165) is 14.2 Å². The molecule has 0 radical (unpaired) electrons. The van der Waals surface area contributed by atoms with Crippen LogP contribution in [0, 0.1) is 22.0 Å². The van der Waals surface area contributed by atoms with E-state index in [2.05, 4.69) is 14.8 Å². The van der Waals surface area contributed by atoms with Crippen molar-refractivity contribution in [1.82, 2.24) is 5.32 Å². The molecular weight excluding hydrogens is 374 g/mol. The topological polar surface area (TPSA) is 168 Å². The van der Waals surface area contributed by atoms with Crippen molar-refractivity contribution in [3.8, 4) is 0 Å². The summed E-state index contributed by atoms with van der Waals surface area (Å²) in [6.45, 7) is 1.36. The van der Waals surface area contributed by atoms with Gasteiger partial charge in [0.1, 0.15) is 6.04 Å². The molecule has 0 fully saturated rings. The van der Waals surface area contributed by atoms with Crippen LogP contribution in [0.4, 0.5) is 5.69 Å². The lowest BCUT2D eigenvalue weighted by Gasteiger charge is -2.26. The summed E-state index contributed by atoms with van der Waals surface area (Å²) < 4.78 is 9.11. The monoisotopic (exact) mass is 395 g/mol. The van der Waals surface area contributed by atoms with E-state index in [9.17, 15) is 29.3 Å². The van der Waals surface area contributed by atoms with Crippen molar-refractivity contribution in [3.63, 3.8) is 0 Å². The molecule has 11 heteroatoms. The number of amides is 2. The smallest absolute Gasteiger partial charge is 0.320 e. The number of nitrogens with zero attached hydrogens (tertiary/aromatic N) is 1. The molecule has 152 valence electrons. The molecule has 0 heterocycles. The minimum Gasteiger partial charge on any atom is -0.468 e. The van der Waals surface area contributed by atoms with Crippen molar-refractivity contribution < 1.29 is 33.6 Å². The molecule has 1 rings (SSSR count). The number of hydrogen-bond acceptors (Lipinski definition) is 8. The normalized spacial score (nSPS) is 12.6. The van der Waals surface area contributed by atoms with Crippen molar-refractivity contribution in [1.29, 1.82) is 0 Å². The number of non-ortho nitro benzene ring substituents is 1. The highest BCUT2D eigenvalue weighted by atomic mass is 16.6. The van der Waals surface area contributed by atoms with Crippen LogP contribution in [-0.4, -0.2) is 48.9 Å². The molecule has 0 bridgehead atoms. The first kappa shape index (κ1) is 22.5. The summed E-state index contributed by atoms with van der Waals surface area (Å²) in [5.74, 6) is -6.09. The Kier molecular flexibility index (Phi) is 8.05. The van der Waals surface area contributed by atoms with Crippen LogP contribution in [0.1, 0.15) is 12.5 Å². The van der Waals surface area contributed by atoms with Crippen LogP contribution in [-0.2, 0) is 35.1 Å². The zero-order chi connectivity index (χ0) is 21.4. The van der Waals surface area contributed by atoms with Crippen LogP contribution < -0.4 is 11.1 Å². The fraction of sp³-hybridized carbons (Fsp3) is 0.412. The van der Waals surface area contributed by atoms with E-state index in [1.54, 1.807) is 0 Å². The van der Waals surface area contributed by atoms with Crippen LogP contribution in [0.3, 0.4) is 0 Å². The second-order valence-electron chi connectivity index (χ2n) is 5.93. The summed E-state index contributed by atoms with van der Waals surface area (Å²) in [5.41, 5.74) is 5.46. The van der Waals surface area contributed by atoms with E-state index in [0.29, 0.717) is 5.56 Å². The van der Waals surface area contributed by atoms with E-state index in [4.69, 9.17) is 5.73 Å². The predicted molar refractivity (Wildman–Crippen MR) is 94.6 cm³/mol. The minimum atomic E-state index is -1.48. The van der Waals surface area contributed by atoms with E-state index < -0.39 is 46.6 Å². The Morgan fingerprint density at radius 1 is 1.18 bits per heavy atom. The highest BCUT2D eigenvalue weighted by Gasteiger charge is 2.41. The van der Waals surface area contributed by atoms with Gasteiger partial charge in [-0.25, -0.2) is 0 Å². The number of nitro benzene ring substituents is 1. The van der Waals surface area contributed by atoms with E-state index >= 15 is 0 Å². The molecule has 11 nitrogen and oxygen atoms in total. The first-order chi connectivity index (χ1) is 13.1. The van der Waals surface area contributed by atoms with Gasteiger partial charge in [0.15, 0.2) is 5.92 Å². The summed E-state index contributed by atoms with van der Waals surface area (Å²) in [6, 6.07) is 4.02. The third kappa shape index (κ3) is 5.76. The largest absolute Gasteiger partial charge is 0.468 e. The van der Waals surface area contributed by atoms with E-state index in [-0.39, 0.29) is 12.1 Å². The number of primary amides is 1. The molecule has 0 aromatic heterocycles. The summed E-state index contributed by atoms with van der Waals surface area (Å²) in [5, 5.41) is 13.2.